The van der Waals surface area contributed by atoms with Crippen LogP contribution in [0.25, 0.3) is 0 Å². The number of rotatable bonds is 5. The summed E-state index contributed by atoms with van der Waals surface area (Å²) in [4.78, 5) is 0. The minimum Gasteiger partial charge on any atom is -0.495 e. The zero-order chi connectivity index (χ0) is 17.3. The Balaban J connectivity index is 2.10. The van der Waals surface area contributed by atoms with Crippen LogP contribution in [0.3, 0.4) is 0 Å². The smallest absolute Gasteiger partial charge is 0.359 e. The van der Waals surface area contributed by atoms with Gasteiger partial charge in [-0.05, 0) is 19.1 Å². The van der Waals surface area contributed by atoms with Crippen molar-refractivity contribution in [2.45, 2.75) is 18.8 Å². The highest BCUT2D eigenvalue weighted by Gasteiger charge is 2.45. The molecule has 0 radical (unpaired) electrons. The summed E-state index contributed by atoms with van der Waals surface area (Å²) < 4.78 is 31.1. The van der Waals surface area contributed by atoms with E-state index in [0.717, 1.165) is 0 Å². The van der Waals surface area contributed by atoms with E-state index in [-0.39, 0.29) is 17.7 Å². The van der Waals surface area contributed by atoms with Crippen molar-refractivity contribution in [2.75, 3.05) is 19.1 Å². The molecule has 3 atom stereocenters. The summed E-state index contributed by atoms with van der Waals surface area (Å²) >= 11 is 12.3. The number of nitrogens with zero attached hydrogens (tertiary/aromatic N) is 3. The van der Waals surface area contributed by atoms with Gasteiger partial charge < -0.3 is 19.2 Å². The second-order valence-electron chi connectivity index (χ2n) is 5.16. The lowest BCUT2D eigenvalue weighted by atomic mass is 10.2. The highest BCUT2D eigenvalue weighted by atomic mass is 35.5. The molecule has 3 unspecified atom stereocenters. The third-order valence-corrected chi connectivity index (χ3v) is 6.05. The van der Waals surface area contributed by atoms with Crippen molar-refractivity contribution in [3.8, 4) is 5.75 Å². The van der Waals surface area contributed by atoms with Gasteiger partial charge in [-0.25, -0.2) is 4.68 Å². The van der Waals surface area contributed by atoms with Crippen LogP contribution >= 0.6 is 30.8 Å². The van der Waals surface area contributed by atoms with Crippen LogP contribution in [0.15, 0.2) is 24.8 Å². The highest BCUT2D eigenvalue weighted by Crippen LogP contribution is 2.65. The van der Waals surface area contributed by atoms with Gasteiger partial charge in [0, 0.05) is 10.6 Å². The van der Waals surface area contributed by atoms with E-state index >= 15 is 0 Å². The van der Waals surface area contributed by atoms with Gasteiger partial charge in [0.2, 0.25) is 0 Å². The second-order valence-corrected chi connectivity index (χ2v) is 8.07. The number of aromatic nitrogens is 3. The van der Waals surface area contributed by atoms with Crippen molar-refractivity contribution < 1.29 is 18.3 Å². The number of nitrogens with one attached hydrogen (secondary N) is 1. The number of ether oxygens (including phenoxy) is 1. The Labute approximate surface area is 148 Å². The van der Waals surface area contributed by atoms with Crippen molar-refractivity contribution in [1.29, 1.82) is 0 Å². The van der Waals surface area contributed by atoms with Gasteiger partial charge in [0.15, 0.2) is 5.78 Å². The molecule has 1 aliphatic rings. The van der Waals surface area contributed by atoms with Crippen molar-refractivity contribution in [1.82, 2.24) is 14.9 Å². The monoisotopic (exact) mass is 392 g/mol. The average molecular weight is 393 g/mol. The maximum Gasteiger partial charge on any atom is 0.359 e. The Morgan fingerprint density at radius 2 is 2.12 bits per heavy atom. The summed E-state index contributed by atoms with van der Waals surface area (Å²) in [6.45, 7) is 1.99. The third kappa shape index (κ3) is 3.38. The fourth-order valence-electron chi connectivity index (χ4n) is 2.37. The maximum absolute atomic E-state index is 13.2. The van der Waals surface area contributed by atoms with Gasteiger partial charge in [-0.1, -0.05) is 23.2 Å². The normalized spacial score (nSPS) is 24.8. The lowest BCUT2D eigenvalue weighted by molar-refractivity contribution is 0.255. The molecule has 0 bridgehead atoms. The summed E-state index contributed by atoms with van der Waals surface area (Å²) in [6, 6.07) is 3.14. The lowest BCUT2D eigenvalue weighted by Crippen LogP contribution is -2.21. The highest BCUT2D eigenvalue weighted by molar-refractivity contribution is 7.54. The average Bonchev–Trinajstić information content (AvgIpc) is 3.14. The Hall–Kier alpha value is -1.31. The van der Waals surface area contributed by atoms with Crippen LogP contribution in [-0.4, -0.2) is 34.7 Å². The van der Waals surface area contributed by atoms with Gasteiger partial charge in [-0.3, -0.25) is 4.57 Å². The van der Waals surface area contributed by atoms with Gasteiger partial charge in [-0.15, -0.1) is 10.2 Å². The summed E-state index contributed by atoms with van der Waals surface area (Å²) in [7, 11) is -2.10. The number of halogens is 2. The van der Waals surface area contributed by atoms with E-state index in [4.69, 9.17) is 37.0 Å². The van der Waals surface area contributed by atoms with Crippen molar-refractivity contribution in [3.05, 3.63) is 40.4 Å². The minimum absolute atomic E-state index is 0.217. The SMILES string of the molecule is COc1c(Cl)cc(Cl)cc1C(Nn1cnnc1)P1(=O)OCC(C)O1. The van der Waals surface area contributed by atoms with Crippen LogP contribution in [0, 0.1) is 0 Å². The predicted octanol–water partition coefficient (Wildman–Crippen LogP) is 3.46. The molecule has 2 aromatic rings. The number of hydrogen-bond acceptors (Lipinski definition) is 7. The predicted molar refractivity (Wildman–Crippen MR) is 89.2 cm³/mol. The van der Waals surface area contributed by atoms with Crippen molar-refractivity contribution in [3.63, 3.8) is 0 Å². The molecule has 0 amide bonds. The lowest BCUT2D eigenvalue weighted by Gasteiger charge is -2.26. The topological polar surface area (TPSA) is 87.5 Å². The van der Waals surface area contributed by atoms with E-state index in [1.54, 1.807) is 13.0 Å². The van der Waals surface area contributed by atoms with Crippen LogP contribution in [0.5, 0.6) is 5.75 Å². The fraction of sp³-hybridized carbons (Fsp3) is 0.385. The molecule has 1 N–H and O–H groups in total. The summed E-state index contributed by atoms with van der Waals surface area (Å²) in [5.74, 6) is -0.585. The molecule has 2 heterocycles. The van der Waals surface area contributed by atoms with Gasteiger partial charge in [0.05, 0.1) is 24.8 Å². The van der Waals surface area contributed by atoms with Gasteiger partial charge in [-0.2, -0.15) is 0 Å². The molecule has 0 aliphatic carbocycles. The summed E-state index contributed by atoms with van der Waals surface area (Å²) in [5.41, 5.74) is 3.43. The van der Waals surface area contributed by atoms with Gasteiger partial charge >= 0.3 is 7.60 Å². The summed E-state index contributed by atoms with van der Waals surface area (Å²) in [6.07, 6.45) is 2.52. The van der Waals surface area contributed by atoms with Crippen molar-refractivity contribution >= 4 is 30.8 Å². The Kier molecular flexibility index (Phi) is 5.03. The first-order valence-electron chi connectivity index (χ1n) is 6.99. The second kappa shape index (κ2) is 6.90. The van der Waals surface area contributed by atoms with E-state index in [0.29, 0.717) is 16.3 Å². The van der Waals surface area contributed by atoms with Crippen LogP contribution in [-0.2, 0) is 13.6 Å². The maximum atomic E-state index is 13.2. The Bertz CT molecular complexity index is 774. The molecular weight excluding hydrogens is 378 g/mol. The molecule has 1 aromatic carbocycles. The molecule has 0 saturated carbocycles. The largest absolute Gasteiger partial charge is 0.495 e. The zero-order valence-corrected chi connectivity index (χ0v) is 15.3. The molecule has 24 heavy (non-hydrogen) atoms. The first-order valence-corrected chi connectivity index (χ1v) is 9.36. The molecule has 1 aliphatic heterocycles. The quantitative estimate of drug-likeness (QED) is 0.779. The zero-order valence-electron chi connectivity index (χ0n) is 12.8. The number of hydrogen-bond donors (Lipinski definition) is 1. The van der Waals surface area contributed by atoms with Gasteiger partial charge in [0.1, 0.15) is 18.4 Å². The standard InChI is InChI=1S/C13H15Cl2N4O4P/c1-8-5-22-24(20,23-8)13(18-19-6-16-17-7-19)10-3-9(14)4-11(15)12(10)21-2/h3-4,6-8,13,18H,5H2,1-2H3. The number of benzene rings is 1. The third-order valence-electron chi connectivity index (χ3n) is 3.36. The van der Waals surface area contributed by atoms with Crippen LogP contribution in [0.2, 0.25) is 10.0 Å². The molecule has 1 saturated heterocycles. The summed E-state index contributed by atoms with van der Waals surface area (Å²) in [5, 5.41) is 8.07. The molecule has 8 nitrogen and oxygen atoms in total. The van der Waals surface area contributed by atoms with E-state index in [1.807, 2.05) is 0 Å². The van der Waals surface area contributed by atoms with E-state index < -0.39 is 13.4 Å². The van der Waals surface area contributed by atoms with E-state index in [2.05, 4.69) is 15.6 Å². The van der Waals surface area contributed by atoms with Crippen molar-refractivity contribution in [2.24, 2.45) is 0 Å². The molecule has 130 valence electrons. The van der Waals surface area contributed by atoms with Crippen LogP contribution in [0.1, 0.15) is 18.3 Å². The molecule has 11 heteroatoms. The number of methoxy groups -OCH3 is 1. The van der Waals surface area contributed by atoms with Crippen LogP contribution in [0.4, 0.5) is 0 Å². The first-order chi connectivity index (χ1) is 11.4. The molecule has 1 aromatic heterocycles. The minimum atomic E-state index is -3.56. The van der Waals surface area contributed by atoms with Crippen LogP contribution < -0.4 is 10.2 Å². The Morgan fingerprint density at radius 3 is 2.71 bits per heavy atom. The molecule has 3 rings (SSSR count). The molecule has 1 fully saturated rings. The van der Waals surface area contributed by atoms with Gasteiger partial charge in [0.25, 0.3) is 0 Å². The van der Waals surface area contributed by atoms with E-state index in [1.165, 1.54) is 30.5 Å². The van der Waals surface area contributed by atoms with E-state index in [9.17, 15) is 4.57 Å². The first kappa shape index (κ1) is 17.5. The molecule has 0 spiro atoms. The molecular formula is C13H15Cl2N4O4P. The fourth-order valence-corrected chi connectivity index (χ4v) is 5.08. The Morgan fingerprint density at radius 1 is 1.42 bits per heavy atom.